The summed E-state index contributed by atoms with van der Waals surface area (Å²) in [5, 5.41) is 5.40. The molecule has 0 aliphatic rings. The van der Waals surface area contributed by atoms with Gasteiger partial charge in [0, 0.05) is 13.2 Å². The summed E-state index contributed by atoms with van der Waals surface area (Å²) in [7, 11) is 4.44. The monoisotopic (exact) mass is 395 g/mol. The highest BCUT2D eigenvalue weighted by atomic mass is 79.9. The predicted molar refractivity (Wildman–Crippen MR) is 91.6 cm³/mol. The number of ketones is 1. The number of alkyl halides is 1. The van der Waals surface area contributed by atoms with Crippen LogP contribution in [0.1, 0.15) is 26.4 Å². The van der Waals surface area contributed by atoms with Crippen molar-refractivity contribution in [3.63, 3.8) is 0 Å². The molecule has 8 heteroatoms. The summed E-state index contributed by atoms with van der Waals surface area (Å²) in [6.07, 6.45) is 1.57. The number of hydrogen-bond donors (Lipinski definition) is 0. The molecule has 0 unspecified atom stereocenters. The smallest absolute Gasteiger partial charge is 0.298 e. The van der Waals surface area contributed by atoms with Crippen molar-refractivity contribution in [1.82, 2.24) is 14.8 Å². The van der Waals surface area contributed by atoms with Crippen LogP contribution >= 0.6 is 15.9 Å². The molecule has 2 rings (SSSR count). The van der Waals surface area contributed by atoms with Crippen LogP contribution in [0.15, 0.2) is 30.5 Å². The lowest BCUT2D eigenvalue weighted by molar-refractivity contribution is -0.0761. The molecule has 0 fully saturated rings. The van der Waals surface area contributed by atoms with Crippen molar-refractivity contribution in [1.29, 1.82) is 0 Å². The Morgan fingerprint density at radius 2 is 1.92 bits per heavy atom. The van der Waals surface area contributed by atoms with Crippen molar-refractivity contribution in [2.24, 2.45) is 0 Å². The molecule has 0 aliphatic heterocycles. The van der Waals surface area contributed by atoms with Crippen LogP contribution in [0.25, 0.3) is 0 Å². The number of methoxy groups -OCH3 is 1. The van der Waals surface area contributed by atoms with Crippen molar-refractivity contribution in [3.8, 4) is 5.75 Å². The molecule has 0 N–H and O–H groups in total. The standard InChI is InChI=1S/C16H18BrN3O4/c1-19(24-3)16(22)15-13(14(21)8-17)10-20(18-15)9-11-4-6-12(23-2)7-5-11/h4-7,10H,8-9H2,1-3H3. The lowest BCUT2D eigenvalue weighted by Crippen LogP contribution is -2.27. The van der Waals surface area contributed by atoms with Crippen LogP contribution in [0.2, 0.25) is 0 Å². The summed E-state index contributed by atoms with van der Waals surface area (Å²) in [4.78, 5) is 29.3. The SMILES string of the molecule is COc1ccc(Cn2cc(C(=O)CBr)c(C(=O)N(C)OC)n2)cc1. The lowest BCUT2D eigenvalue weighted by atomic mass is 10.2. The molecule has 24 heavy (non-hydrogen) atoms. The summed E-state index contributed by atoms with van der Waals surface area (Å²) >= 11 is 3.12. The van der Waals surface area contributed by atoms with E-state index in [0.29, 0.717) is 6.54 Å². The second kappa shape index (κ2) is 8.07. The highest BCUT2D eigenvalue weighted by Crippen LogP contribution is 2.15. The molecular formula is C16H18BrN3O4. The van der Waals surface area contributed by atoms with Gasteiger partial charge in [0.05, 0.1) is 31.7 Å². The zero-order valence-corrected chi connectivity index (χ0v) is 15.2. The molecule has 0 aliphatic carbocycles. The van der Waals surface area contributed by atoms with Crippen LogP contribution in [0, 0.1) is 0 Å². The third-order valence-corrected chi connectivity index (χ3v) is 3.96. The number of rotatable bonds is 7. The number of aromatic nitrogens is 2. The maximum Gasteiger partial charge on any atom is 0.298 e. The van der Waals surface area contributed by atoms with Crippen LogP contribution in [-0.4, -0.2) is 53.1 Å². The lowest BCUT2D eigenvalue weighted by Gasteiger charge is -2.12. The summed E-state index contributed by atoms with van der Waals surface area (Å²) in [5.74, 6) is 0.0612. The molecule has 1 aromatic heterocycles. The van der Waals surface area contributed by atoms with Gasteiger partial charge in [-0.1, -0.05) is 28.1 Å². The van der Waals surface area contributed by atoms with E-state index in [1.54, 1.807) is 18.0 Å². The minimum atomic E-state index is -0.477. The molecule has 1 heterocycles. The number of hydrogen-bond acceptors (Lipinski definition) is 5. The average Bonchev–Trinajstić information content (AvgIpc) is 3.04. The fourth-order valence-corrected chi connectivity index (χ4v) is 2.39. The van der Waals surface area contributed by atoms with Crippen LogP contribution in [0.4, 0.5) is 0 Å². The molecule has 0 spiro atoms. The van der Waals surface area contributed by atoms with Gasteiger partial charge in [-0.05, 0) is 17.7 Å². The third-order valence-electron chi connectivity index (χ3n) is 3.45. The van der Waals surface area contributed by atoms with E-state index in [9.17, 15) is 9.59 Å². The summed E-state index contributed by atoms with van der Waals surface area (Å²) in [6, 6.07) is 7.48. The van der Waals surface area contributed by atoms with Gasteiger partial charge in [0.1, 0.15) is 5.75 Å². The second-order valence-electron chi connectivity index (χ2n) is 4.98. The summed E-state index contributed by atoms with van der Waals surface area (Å²) in [6.45, 7) is 0.427. The first-order valence-corrected chi connectivity index (χ1v) is 8.24. The number of hydroxylamine groups is 2. The largest absolute Gasteiger partial charge is 0.497 e. The first kappa shape index (κ1) is 18.2. The Morgan fingerprint density at radius 3 is 2.46 bits per heavy atom. The number of ether oxygens (including phenoxy) is 1. The van der Waals surface area contributed by atoms with E-state index in [1.807, 2.05) is 24.3 Å². The van der Waals surface area contributed by atoms with Crippen LogP contribution in [-0.2, 0) is 11.4 Å². The zero-order valence-electron chi connectivity index (χ0n) is 13.7. The molecule has 1 amide bonds. The topological polar surface area (TPSA) is 73.7 Å². The van der Waals surface area contributed by atoms with E-state index in [-0.39, 0.29) is 22.4 Å². The highest BCUT2D eigenvalue weighted by Gasteiger charge is 2.24. The van der Waals surface area contributed by atoms with E-state index in [4.69, 9.17) is 9.57 Å². The van der Waals surface area contributed by atoms with Crippen LogP contribution in [0.3, 0.4) is 0 Å². The van der Waals surface area contributed by atoms with Gasteiger partial charge in [-0.3, -0.25) is 19.1 Å². The zero-order chi connectivity index (χ0) is 17.7. The fraction of sp³-hybridized carbons (Fsp3) is 0.312. The Hall–Kier alpha value is -2.19. The fourth-order valence-electron chi connectivity index (χ4n) is 2.09. The normalized spacial score (nSPS) is 10.5. The van der Waals surface area contributed by atoms with Gasteiger partial charge in [0.25, 0.3) is 5.91 Å². The van der Waals surface area contributed by atoms with Gasteiger partial charge in [-0.15, -0.1) is 0 Å². The minimum Gasteiger partial charge on any atom is -0.497 e. The number of amides is 1. The maximum absolute atomic E-state index is 12.3. The predicted octanol–water partition coefficient (Wildman–Crippen LogP) is 2.15. The Kier molecular flexibility index (Phi) is 6.10. The second-order valence-corrected chi connectivity index (χ2v) is 5.54. The van der Waals surface area contributed by atoms with Gasteiger partial charge in [0.2, 0.25) is 0 Å². The van der Waals surface area contributed by atoms with Crippen LogP contribution < -0.4 is 4.74 Å². The number of nitrogens with zero attached hydrogens (tertiary/aromatic N) is 3. The molecule has 0 radical (unpaired) electrons. The molecule has 0 saturated carbocycles. The molecule has 2 aromatic rings. The number of benzene rings is 1. The number of carbonyl (C=O) groups excluding carboxylic acids is 2. The van der Waals surface area contributed by atoms with E-state index in [2.05, 4.69) is 21.0 Å². The van der Waals surface area contributed by atoms with E-state index in [0.717, 1.165) is 16.4 Å². The molecule has 0 bridgehead atoms. The number of halogens is 1. The quantitative estimate of drug-likeness (QED) is 0.408. The first-order valence-electron chi connectivity index (χ1n) is 7.11. The first-order chi connectivity index (χ1) is 11.5. The molecule has 0 atom stereocenters. The van der Waals surface area contributed by atoms with Crippen molar-refractivity contribution >= 4 is 27.6 Å². The van der Waals surface area contributed by atoms with E-state index < -0.39 is 5.91 Å². The van der Waals surface area contributed by atoms with Crippen molar-refractivity contribution in [2.45, 2.75) is 6.54 Å². The minimum absolute atomic E-state index is 0.0670. The van der Waals surface area contributed by atoms with Crippen molar-refractivity contribution < 1.29 is 19.2 Å². The van der Waals surface area contributed by atoms with Crippen LogP contribution in [0.5, 0.6) is 5.75 Å². The van der Waals surface area contributed by atoms with Gasteiger partial charge >= 0.3 is 0 Å². The van der Waals surface area contributed by atoms with Gasteiger partial charge in [-0.25, -0.2) is 5.06 Å². The molecule has 0 saturated heterocycles. The Morgan fingerprint density at radius 1 is 1.25 bits per heavy atom. The Balaban J connectivity index is 2.31. The van der Waals surface area contributed by atoms with Gasteiger partial charge in [-0.2, -0.15) is 5.10 Å². The van der Waals surface area contributed by atoms with E-state index >= 15 is 0 Å². The Bertz CT molecular complexity index is 727. The summed E-state index contributed by atoms with van der Waals surface area (Å²) in [5.41, 5.74) is 1.29. The molecule has 7 nitrogen and oxygen atoms in total. The average molecular weight is 396 g/mol. The molecular weight excluding hydrogens is 378 g/mol. The molecule has 1 aromatic carbocycles. The van der Waals surface area contributed by atoms with E-state index in [1.165, 1.54) is 14.2 Å². The van der Waals surface area contributed by atoms with Gasteiger partial charge in [0.15, 0.2) is 11.5 Å². The highest BCUT2D eigenvalue weighted by molar-refractivity contribution is 9.09. The number of carbonyl (C=O) groups is 2. The van der Waals surface area contributed by atoms with Crippen molar-refractivity contribution in [2.75, 3.05) is 26.6 Å². The van der Waals surface area contributed by atoms with Gasteiger partial charge < -0.3 is 4.74 Å². The summed E-state index contributed by atoms with van der Waals surface area (Å²) < 4.78 is 6.69. The third kappa shape index (κ3) is 4.01. The molecule has 128 valence electrons. The van der Waals surface area contributed by atoms with Crippen molar-refractivity contribution in [3.05, 3.63) is 47.3 Å². The maximum atomic E-state index is 12.3. The number of Topliss-reactive ketones (excluding diaryl/α,β-unsaturated/α-hetero) is 1. The Labute approximate surface area is 148 Å².